The van der Waals surface area contributed by atoms with Crippen molar-refractivity contribution >= 4 is 33.9 Å². The number of aromatic nitrogens is 2. The molecule has 3 aromatic rings. The predicted octanol–water partition coefficient (Wildman–Crippen LogP) is 3.51. The Morgan fingerprint density at radius 2 is 2.05 bits per heavy atom. The van der Waals surface area contributed by atoms with Crippen LogP contribution in [-0.2, 0) is 0 Å². The molecular weight excluding hydrogens is 357 g/mol. The average Bonchev–Trinajstić information content (AvgIpc) is 2.77. The normalized spacial score (nSPS) is 10.8. The third kappa shape index (κ3) is 2.07. The molecular formula is C13H8IN3O2. The lowest BCUT2D eigenvalue weighted by atomic mass is 10.1. The smallest absolute Gasteiger partial charge is 0.270 e. The van der Waals surface area contributed by atoms with E-state index < -0.39 is 4.92 Å². The minimum absolute atomic E-state index is 0.0744. The second kappa shape index (κ2) is 4.61. The number of pyridine rings is 1. The third-order valence-electron chi connectivity index (χ3n) is 2.80. The minimum Gasteiger partial charge on any atom is -0.294 e. The fraction of sp³-hybridized carbons (Fsp3) is 0. The van der Waals surface area contributed by atoms with Gasteiger partial charge in [-0.1, -0.05) is 18.2 Å². The second-order valence-electron chi connectivity index (χ2n) is 3.99. The molecule has 0 fully saturated rings. The summed E-state index contributed by atoms with van der Waals surface area (Å²) in [5, 5.41) is 10.8. The molecule has 1 aromatic carbocycles. The van der Waals surface area contributed by atoms with E-state index in [1.54, 1.807) is 12.1 Å². The topological polar surface area (TPSA) is 60.4 Å². The Hall–Kier alpha value is -1.96. The van der Waals surface area contributed by atoms with E-state index in [4.69, 9.17) is 0 Å². The Balaban J connectivity index is 2.21. The molecule has 2 aromatic heterocycles. The van der Waals surface area contributed by atoms with Gasteiger partial charge in [-0.15, -0.1) is 0 Å². The fourth-order valence-corrected chi connectivity index (χ4v) is 2.76. The van der Waals surface area contributed by atoms with Crippen molar-refractivity contribution in [2.75, 3.05) is 0 Å². The first kappa shape index (κ1) is 12.1. The Morgan fingerprint density at radius 3 is 2.79 bits per heavy atom. The lowest BCUT2D eigenvalue weighted by Gasteiger charge is -1.98. The summed E-state index contributed by atoms with van der Waals surface area (Å²) >= 11 is 2.20. The van der Waals surface area contributed by atoms with Gasteiger partial charge < -0.3 is 0 Å². The molecule has 0 aliphatic carbocycles. The van der Waals surface area contributed by atoms with Crippen LogP contribution in [0, 0.1) is 13.8 Å². The molecule has 0 saturated carbocycles. The molecule has 0 saturated heterocycles. The van der Waals surface area contributed by atoms with E-state index >= 15 is 0 Å². The van der Waals surface area contributed by atoms with Gasteiger partial charge in [0.05, 0.1) is 4.92 Å². The van der Waals surface area contributed by atoms with Crippen molar-refractivity contribution in [2.24, 2.45) is 0 Å². The Bertz CT molecular complexity index is 782. The number of fused-ring (bicyclic) bond motifs is 1. The first-order valence-electron chi connectivity index (χ1n) is 5.54. The Morgan fingerprint density at radius 1 is 1.21 bits per heavy atom. The first-order valence-corrected chi connectivity index (χ1v) is 6.62. The van der Waals surface area contributed by atoms with Gasteiger partial charge in [0, 0.05) is 23.9 Å². The molecule has 0 aliphatic heterocycles. The number of rotatable bonds is 2. The molecule has 2 heterocycles. The number of benzene rings is 1. The summed E-state index contributed by atoms with van der Waals surface area (Å²) in [4.78, 5) is 14.9. The van der Waals surface area contributed by atoms with Crippen LogP contribution < -0.4 is 0 Å². The molecule has 0 atom stereocenters. The zero-order chi connectivity index (χ0) is 13.4. The van der Waals surface area contributed by atoms with Crippen molar-refractivity contribution in [3.05, 3.63) is 62.5 Å². The standard InChI is InChI=1S/C13H8IN3O2/c14-13-12(15-11-6-1-2-7-16(11)13)9-4-3-5-10(8-9)17(18)19/h1-8H. The molecule has 0 bridgehead atoms. The molecule has 0 amide bonds. The van der Waals surface area contributed by atoms with Crippen LogP contribution in [0.15, 0.2) is 48.7 Å². The largest absolute Gasteiger partial charge is 0.294 e. The van der Waals surface area contributed by atoms with Crippen LogP contribution in [0.4, 0.5) is 5.69 Å². The van der Waals surface area contributed by atoms with E-state index in [9.17, 15) is 10.1 Å². The summed E-state index contributed by atoms with van der Waals surface area (Å²) in [7, 11) is 0. The van der Waals surface area contributed by atoms with Crippen molar-refractivity contribution in [2.45, 2.75) is 0 Å². The summed E-state index contributed by atoms with van der Waals surface area (Å²) in [5.41, 5.74) is 2.41. The van der Waals surface area contributed by atoms with Gasteiger partial charge in [0.25, 0.3) is 5.69 Å². The summed E-state index contributed by atoms with van der Waals surface area (Å²) in [6, 6.07) is 12.3. The van der Waals surface area contributed by atoms with Crippen molar-refractivity contribution in [3.8, 4) is 11.3 Å². The first-order chi connectivity index (χ1) is 9.16. The Kier molecular flexibility index (Phi) is 2.94. The molecule has 94 valence electrons. The van der Waals surface area contributed by atoms with Gasteiger partial charge in [0.1, 0.15) is 15.0 Å². The van der Waals surface area contributed by atoms with Crippen LogP contribution >= 0.6 is 22.6 Å². The van der Waals surface area contributed by atoms with Crippen molar-refractivity contribution < 1.29 is 4.92 Å². The molecule has 5 nitrogen and oxygen atoms in total. The number of nitro benzene ring substituents is 1. The fourth-order valence-electron chi connectivity index (χ4n) is 1.92. The monoisotopic (exact) mass is 365 g/mol. The van der Waals surface area contributed by atoms with Crippen molar-refractivity contribution in [3.63, 3.8) is 0 Å². The van der Waals surface area contributed by atoms with E-state index in [-0.39, 0.29) is 5.69 Å². The Labute approximate surface area is 122 Å². The minimum atomic E-state index is -0.397. The van der Waals surface area contributed by atoms with Crippen molar-refractivity contribution in [1.29, 1.82) is 0 Å². The summed E-state index contributed by atoms with van der Waals surface area (Å²) in [6.07, 6.45) is 1.92. The molecule has 0 spiro atoms. The van der Waals surface area contributed by atoms with Crippen LogP contribution in [0.3, 0.4) is 0 Å². The SMILES string of the molecule is O=[N+]([O-])c1cccc(-c2nc3ccccn3c2I)c1. The average molecular weight is 365 g/mol. The van der Waals surface area contributed by atoms with Crippen LogP contribution in [0.1, 0.15) is 0 Å². The maximum atomic E-state index is 10.8. The van der Waals surface area contributed by atoms with Gasteiger partial charge in [-0.2, -0.15) is 0 Å². The summed E-state index contributed by atoms with van der Waals surface area (Å²) in [5.74, 6) is 0. The molecule has 0 unspecified atom stereocenters. The number of nitrogens with zero attached hydrogens (tertiary/aromatic N) is 3. The zero-order valence-corrected chi connectivity index (χ0v) is 11.8. The number of nitro groups is 1. The van der Waals surface area contributed by atoms with Crippen LogP contribution in [-0.4, -0.2) is 14.3 Å². The van der Waals surface area contributed by atoms with Crippen LogP contribution in [0.5, 0.6) is 0 Å². The molecule has 6 heteroatoms. The van der Waals surface area contributed by atoms with Crippen molar-refractivity contribution in [1.82, 2.24) is 9.38 Å². The van der Waals surface area contributed by atoms with Crippen LogP contribution in [0.2, 0.25) is 0 Å². The van der Waals surface area contributed by atoms with Gasteiger partial charge in [0.2, 0.25) is 0 Å². The highest BCUT2D eigenvalue weighted by molar-refractivity contribution is 14.1. The van der Waals surface area contributed by atoms with E-state index in [2.05, 4.69) is 27.6 Å². The third-order valence-corrected chi connectivity index (χ3v) is 3.83. The maximum absolute atomic E-state index is 10.8. The van der Waals surface area contributed by atoms with E-state index in [1.165, 1.54) is 6.07 Å². The summed E-state index contributed by atoms with van der Waals surface area (Å²) in [6.45, 7) is 0. The molecule has 0 aliphatic rings. The van der Waals surface area contributed by atoms with E-state index in [1.807, 2.05) is 34.9 Å². The molecule has 19 heavy (non-hydrogen) atoms. The number of hydrogen-bond donors (Lipinski definition) is 0. The van der Waals surface area contributed by atoms with Crippen LogP contribution in [0.25, 0.3) is 16.9 Å². The molecule has 0 N–H and O–H groups in total. The van der Waals surface area contributed by atoms with E-state index in [0.717, 1.165) is 20.6 Å². The van der Waals surface area contributed by atoms with Gasteiger partial charge in [-0.05, 0) is 34.7 Å². The number of hydrogen-bond acceptors (Lipinski definition) is 3. The number of halogens is 1. The van der Waals surface area contributed by atoms with Gasteiger partial charge in [0.15, 0.2) is 0 Å². The highest BCUT2D eigenvalue weighted by atomic mass is 127. The highest BCUT2D eigenvalue weighted by Crippen LogP contribution is 2.28. The lowest BCUT2D eigenvalue weighted by molar-refractivity contribution is -0.384. The number of imidazole rings is 1. The molecule has 3 rings (SSSR count). The quantitative estimate of drug-likeness (QED) is 0.397. The summed E-state index contributed by atoms with van der Waals surface area (Å²) < 4.78 is 2.89. The van der Waals surface area contributed by atoms with Gasteiger partial charge >= 0.3 is 0 Å². The molecule has 0 radical (unpaired) electrons. The second-order valence-corrected chi connectivity index (χ2v) is 5.01. The zero-order valence-electron chi connectivity index (χ0n) is 9.65. The van der Waals surface area contributed by atoms with E-state index in [0.29, 0.717) is 0 Å². The maximum Gasteiger partial charge on any atom is 0.270 e. The van der Waals surface area contributed by atoms with Gasteiger partial charge in [-0.25, -0.2) is 4.98 Å². The number of non-ortho nitro benzene ring substituents is 1. The predicted molar refractivity (Wildman–Crippen MR) is 80.0 cm³/mol. The van der Waals surface area contributed by atoms with Gasteiger partial charge in [-0.3, -0.25) is 14.5 Å². The highest BCUT2D eigenvalue weighted by Gasteiger charge is 2.14. The lowest BCUT2D eigenvalue weighted by Crippen LogP contribution is -1.89.